The lowest BCUT2D eigenvalue weighted by Gasteiger charge is -2.13. The highest BCUT2D eigenvalue weighted by molar-refractivity contribution is 7.99. The molecule has 4 N–H and O–H groups in total. The van der Waals surface area contributed by atoms with Crippen LogP contribution in [0.15, 0.2) is 23.0 Å². The van der Waals surface area contributed by atoms with E-state index in [1.54, 1.807) is 18.2 Å². The standard InChI is InChI=1S/C13H18N4OS/c1-3-19-7-8(2)15-13-16-11-5-4-9(14)6-10(11)12(18)17-13/h4-6,8H,3,7,14H2,1-2H3,(H2,15,16,17,18). The van der Waals surface area contributed by atoms with Crippen molar-refractivity contribution >= 4 is 34.3 Å². The zero-order valence-corrected chi connectivity index (χ0v) is 11.9. The van der Waals surface area contributed by atoms with E-state index >= 15 is 0 Å². The fourth-order valence-electron chi connectivity index (χ4n) is 1.79. The van der Waals surface area contributed by atoms with E-state index in [-0.39, 0.29) is 11.6 Å². The van der Waals surface area contributed by atoms with Gasteiger partial charge in [-0.05, 0) is 30.9 Å². The lowest BCUT2D eigenvalue weighted by atomic mass is 10.2. The van der Waals surface area contributed by atoms with E-state index in [4.69, 9.17) is 5.73 Å². The Labute approximate surface area is 116 Å². The number of nitrogen functional groups attached to an aromatic ring is 1. The van der Waals surface area contributed by atoms with Crippen molar-refractivity contribution in [2.45, 2.75) is 19.9 Å². The van der Waals surface area contributed by atoms with Crippen LogP contribution >= 0.6 is 11.8 Å². The van der Waals surface area contributed by atoms with E-state index in [0.29, 0.717) is 22.5 Å². The van der Waals surface area contributed by atoms with Gasteiger partial charge in [0.1, 0.15) is 0 Å². The molecule has 1 unspecified atom stereocenters. The van der Waals surface area contributed by atoms with Gasteiger partial charge in [-0.15, -0.1) is 0 Å². The van der Waals surface area contributed by atoms with E-state index in [1.165, 1.54) is 0 Å². The van der Waals surface area contributed by atoms with Crippen LogP contribution in [0.3, 0.4) is 0 Å². The van der Waals surface area contributed by atoms with Crippen molar-refractivity contribution in [2.75, 3.05) is 22.6 Å². The number of anilines is 2. The predicted molar refractivity (Wildman–Crippen MR) is 82.9 cm³/mol. The fourth-order valence-corrected chi connectivity index (χ4v) is 2.47. The molecule has 2 aromatic rings. The van der Waals surface area contributed by atoms with Crippen molar-refractivity contribution in [2.24, 2.45) is 0 Å². The molecule has 1 aromatic heterocycles. The Hall–Kier alpha value is -1.69. The van der Waals surface area contributed by atoms with E-state index < -0.39 is 0 Å². The molecule has 19 heavy (non-hydrogen) atoms. The minimum absolute atomic E-state index is 0.171. The molecule has 0 bridgehead atoms. The maximum absolute atomic E-state index is 12.0. The highest BCUT2D eigenvalue weighted by Crippen LogP contribution is 2.13. The first kappa shape index (κ1) is 13.7. The number of hydrogen-bond acceptors (Lipinski definition) is 5. The molecule has 1 atom stereocenters. The van der Waals surface area contributed by atoms with Crippen molar-refractivity contribution in [3.63, 3.8) is 0 Å². The minimum atomic E-state index is -0.171. The second-order valence-electron chi connectivity index (χ2n) is 4.40. The topological polar surface area (TPSA) is 83.8 Å². The molecule has 0 radical (unpaired) electrons. The van der Waals surface area contributed by atoms with Gasteiger partial charge < -0.3 is 11.1 Å². The molecule has 0 aliphatic heterocycles. The number of thioether (sulfide) groups is 1. The molecule has 2 rings (SSSR count). The number of rotatable bonds is 5. The van der Waals surface area contributed by atoms with Crippen LogP contribution in [-0.2, 0) is 0 Å². The zero-order valence-electron chi connectivity index (χ0n) is 11.1. The maximum atomic E-state index is 12.0. The SMILES string of the molecule is CCSCC(C)Nc1nc2ccc(N)cc2c(=O)[nH]1. The van der Waals surface area contributed by atoms with Gasteiger partial charge in [0.2, 0.25) is 5.95 Å². The molecule has 0 aliphatic rings. The van der Waals surface area contributed by atoms with Crippen LogP contribution in [0.2, 0.25) is 0 Å². The number of nitrogens with one attached hydrogen (secondary N) is 2. The number of hydrogen-bond donors (Lipinski definition) is 3. The van der Waals surface area contributed by atoms with Gasteiger partial charge in [0.15, 0.2) is 0 Å². The molecular formula is C13H18N4OS. The lowest BCUT2D eigenvalue weighted by molar-refractivity contribution is 0.887. The maximum Gasteiger partial charge on any atom is 0.260 e. The fraction of sp³-hybridized carbons (Fsp3) is 0.385. The zero-order chi connectivity index (χ0) is 13.8. The number of nitrogens with zero attached hydrogens (tertiary/aromatic N) is 1. The lowest BCUT2D eigenvalue weighted by Crippen LogP contribution is -2.22. The summed E-state index contributed by atoms with van der Waals surface area (Å²) in [4.78, 5) is 19.1. The van der Waals surface area contributed by atoms with Crippen molar-refractivity contribution in [3.05, 3.63) is 28.6 Å². The van der Waals surface area contributed by atoms with Gasteiger partial charge in [-0.3, -0.25) is 9.78 Å². The van der Waals surface area contributed by atoms with E-state index in [2.05, 4.69) is 29.1 Å². The third-order valence-electron chi connectivity index (χ3n) is 2.68. The van der Waals surface area contributed by atoms with Crippen molar-refractivity contribution in [3.8, 4) is 0 Å². The number of H-pyrrole nitrogens is 1. The van der Waals surface area contributed by atoms with Crippen LogP contribution in [0.4, 0.5) is 11.6 Å². The molecular weight excluding hydrogens is 260 g/mol. The van der Waals surface area contributed by atoms with Crippen molar-refractivity contribution in [1.29, 1.82) is 0 Å². The van der Waals surface area contributed by atoms with E-state index in [0.717, 1.165) is 11.5 Å². The van der Waals surface area contributed by atoms with E-state index in [9.17, 15) is 4.79 Å². The molecule has 0 saturated heterocycles. The average molecular weight is 278 g/mol. The molecule has 0 amide bonds. The molecule has 6 heteroatoms. The summed E-state index contributed by atoms with van der Waals surface area (Å²) in [5.74, 6) is 2.55. The molecule has 102 valence electrons. The summed E-state index contributed by atoms with van der Waals surface area (Å²) in [5, 5.41) is 3.72. The molecule has 0 fully saturated rings. The summed E-state index contributed by atoms with van der Waals surface area (Å²) < 4.78 is 0. The largest absolute Gasteiger partial charge is 0.399 e. The second-order valence-corrected chi connectivity index (χ2v) is 5.71. The molecule has 5 nitrogen and oxygen atoms in total. The van der Waals surface area contributed by atoms with Gasteiger partial charge in [-0.1, -0.05) is 6.92 Å². The Morgan fingerprint density at radius 2 is 2.32 bits per heavy atom. The minimum Gasteiger partial charge on any atom is -0.399 e. The third-order valence-corrected chi connectivity index (χ3v) is 3.83. The summed E-state index contributed by atoms with van der Waals surface area (Å²) in [5.41, 5.74) is 6.71. The number of aromatic nitrogens is 2. The van der Waals surface area contributed by atoms with Gasteiger partial charge in [-0.25, -0.2) is 4.98 Å². The predicted octanol–water partition coefficient (Wildman–Crippen LogP) is 2.06. The number of benzene rings is 1. The molecule has 0 aliphatic carbocycles. The summed E-state index contributed by atoms with van der Waals surface area (Å²) in [6.45, 7) is 4.19. The average Bonchev–Trinajstić information content (AvgIpc) is 2.37. The third kappa shape index (κ3) is 3.41. The number of aromatic amines is 1. The Bertz CT molecular complexity index is 626. The van der Waals surface area contributed by atoms with Gasteiger partial charge in [0, 0.05) is 17.5 Å². The first-order valence-electron chi connectivity index (χ1n) is 6.24. The van der Waals surface area contributed by atoms with Crippen LogP contribution in [0.1, 0.15) is 13.8 Å². The highest BCUT2D eigenvalue weighted by Gasteiger charge is 2.07. The van der Waals surface area contributed by atoms with Crippen LogP contribution in [0.5, 0.6) is 0 Å². The summed E-state index contributed by atoms with van der Waals surface area (Å²) in [6.07, 6.45) is 0. The van der Waals surface area contributed by atoms with Crippen molar-refractivity contribution < 1.29 is 0 Å². The van der Waals surface area contributed by atoms with Crippen LogP contribution < -0.4 is 16.6 Å². The molecule has 0 spiro atoms. The summed E-state index contributed by atoms with van der Waals surface area (Å²) >= 11 is 1.85. The summed E-state index contributed by atoms with van der Waals surface area (Å²) in [7, 11) is 0. The molecule has 0 saturated carbocycles. The number of nitrogens with two attached hydrogens (primary N) is 1. The second kappa shape index (κ2) is 5.97. The van der Waals surface area contributed by atoms with Crippen LogP contribution in [0, 0.1) is 0 Å². The van der Waals surface area contributed by atoms with Crippen LogP contribution in [-0.4, -0.2) is 27.5 Å². The molecule has 1 aromatic carbocycles. The quantitative estimate of drug-likeness (QED) is 0.729. The first-order chi connectivity index (χ1) is 9.10. The van der Waals surface area contributed by atoms with E-state index in [1.807, 2.05) is 11.8 Å². The molecule has 1 heterocycles. The first-order valence-corrected chi connectivity index (χ1v) is 7.39. The highest BCUT2D eigenvalue weighted by atomic mass is 32.2. The van der Waals surface area contributed by atoms with Crippen LogP contribution in [0.25, 0.3) is 10.9 Å². The smallest absolute Gasteiger partial charge is 0.260 e. The van der Waals surface area contributed by atoms with Crippen molar-refractivity contribution in [1.82, 2.24) is 9.97 Å². The van der Waals surface area contributed by atoms with Gasteiger partial charge in [0.25, 0.3) is 5.56 Å². The summed E-state index contributed by atoms with van der Waals surface area (Å²) in [6, 6.07) is 5.39. The Morgan fingerprint density at radius 1 is 1.53 bits per heavy atom. The normalized spacial score (nSPS) is 12.5. The van der Waals surface area contributed by atoms with Gasteiger partial charge >= 0.3 is 0 Å². The van der Waals surface area contributed by atoms with Gasteiger partial charge in [-0.2, -0.15) is 11.8 Å². The Balaban J connectivity index is 2.26. The Morgan fingerprint density at radius 3 is 3.05 bits per heavy atom. The van der Waals surface area contributed by atoms with Gasteiger partial charge in [0.05, 0.1) is 10.9 Å². The Kier molecular flexibility index (Phi) is 4.31. The number of fused-ring (bicyclic) bond motifs is 1. The monoisotopic (exact) mass is 278 g/mol.